The SMILES string of the molecule is CC1CCN(S(=O)(=O)Nc2cc(C#CCO)ccn2)CC1. The van der Waals surface area contributed by atoms with Crippen molar-refractivity contribution in [1.29, 1.82) is 0 Å². The fraction of sp³-hybridized carbons (Fsp3) is 0.500. The van der Waals surface area contributed by atoms with Gasteiger partial charge in [-0.25, -0.2) is 4.98 Å². The fourth-order valence-corrected chi connectivity index (χ4v) is 3.32. The van der Waals surface area contributed by atoms with Gasteiger partial charge in [-0.05, 0) is 30.9 Å². The van der Waals surface area contributed by atoms with E-state index in [0.29, 0.717) is 24.6 Å². The van der Waals surface area contributed by atoms with Gasteiger partial charge in [0.25, 0.3) is 0 Å². The number of nitrogens with zero attached hydrogens (tertiary/aromatic N) is 2. The molecular weight excluding hydrogens is 290 g/mol. The summed E-state index contributed by atoms with van der Waals surface area (Å²) in [6.45, 7) is 2.94. The Morgan fingerprint density at radius 1 is 1.48 bits per heavy atom. The molecule has 1 saturated heterocycles. The Morgan fingerprint density at radius 2 is 2.19 bits per heavy atom. The molecule has 2 heterocycles. The van der Waals surface area contributed by atoms with Gasteiger partial charge in [-0.3, -0.25) is 4.72 Å². The highest BCUT2D eigenvalue weighted by atomic mass is 32.2. The number of anilines is 1. The molecule has 0 atom stereocenters. The van der Waals surface area contributed by atoms with Gasteiger partial charge >= 0.3 is 10.2 Å². The highest BCUT2D eigenvalue weighted by Gasteiger charge is 2.26. The van der Waals surface area contributed by atoms with Gasteiger partial charge in [0.2, 0.25) is 0 Å². The summed E-state index contributed by atoms with van der Waals surface area (Å²) < 4.78 is 28.5. The molecule has 0 saturated carbocycles. The summed E-state index contributed by atoms with van der Waals surface area (Å²) in [6, 6.07) is 3.20. The summed E-state index contributed by atoms with van der Waals surface area (Å²) in [5.74, 6) is 6.03. The second-order valence-electron chi connectivity index (χ2n) is 5.08. The number of hydrogen-bond acceptors (Lipinski definition) is 4. The summed E-state index contributed by atoms with van der Waals surface area (Å²) in [5.41, 5.74) is 0.601. The zero-order valence-electron chi connectivity index (χ0n) is 11.9. The molecule has 114 valence electrons. The summed E-state index contributed by atoms with van der Waals surface area (Å²) in [6.07, 6.45) is 3.23. The molecule has 2 N–H and O–H groups in total. The normalized spacial score (nSPS) is 17.0. The van der Waals surface area contributed by atoms with E-state index in [1.807, 2.05) is 0 Å². The number of nitrogens with one attached hydrogen (secondary N) is 1. The molecule has 1 aromatic rings. The van der Waals surface area contributed by atoms with Crippen LogP contribution in [0.1, 0.15) is 25.3 Å². The summed E-state index contributed by atoms with van der Waals surface area (Å²) in [7, 11) is -3.57. The molecule has 0 aliphatic carbocycles. The van der Waals surface area contributed by atoms with Gasteiger partial charge < -0.3 is 5.11 Å². The van der Waals surface area contributed by atoms with Gasteiger partial charge in [-0.2, -0.15) is 12.7 Å². The van der Waals surface area contributed by atoms with Crippen molar-refractivity contribution in [2.24, 2.45) is 5.92 Å². The van der Waals surface area contributed by atoms with E-state index in [9.17, 15) is 8.42 Å². The standard InChI is InChI=1S/C14H19N3O3S/c1-12-5-8-17(9-6-12)21(19,20)16-14-11-13(3-2-10-18)4-7-15-14/h4,7,11-12,18H,5-6,8-10H2,1H3,(H,15,16). The average Bonchev–Trinajstić information content (AvgIpc) is 2.45. The van der Waals surface area contributed by atoms with Crippen LogP contribution >= 0.6 is 0 Å². The summed E-state index contributed by atoms with van der Waals surface area (Å²) in [4.78, 5) is 4.00. The van der Waals surface area contributed by atoms with Crippen LogP contribution in [0.15, 0.2) is 18.3 Å². The largest absolute Gasteiger partial charge is 0.384 e. The molecule has 6 nitrogen and oxygen atoms in total. The zero-order valence-corrected chi connectivity index (χ0v) is 12.7. The third-order valence-corrected chi connectivity index (χ3v) is 4.90. The minimum Gasteiger partial charge on any atom is -0.384 e. The maximum atomic E-state index is 12.3. The maximum absolute atomic E-state index is 12.3. The van der Waals surface area contributed by atoms with Crippen molar-refractivity contribution >= 4 is 16.0 Å². The molecule has 21 heavy (non-hydrogen) atoms. The van der Waals surface area contributed by atoms with Crippen LogP contribution in [0.4, 0.5) is 5.82 Å². The van der Waals surface area contributed by atoms with Crippen molar-refractivity contribution in [2.75, 3.05) is 24.4 Å². The van der Waals surface area contributed by atoms with E-state index in [1.54, 1.807) is 12.1 Å². The average molecular weight is 309 g/mol. The monoisotopic (exact) mass is 309 g/mol. The van der Waals surface area contributed by atoms with E-state index in [2.05, 4.69) is 28.5 Å². The molecule has 2 rings (SSSR count). The zero-order chi connectivity index (χ0) is 15.3. The molecule has 1 aliphatic heterocycles. The summed E-state index contributed by atoms with van der Waals surface area (Å²) in [5, 5.41) is 8.67. The van der Waals surface area contributed by atoms with Gasteiger partial charge in [0.05, 0.1) is 0 Å². The topological polar surface area (TPSA) is 82.5 Å². The van der Waals surface area contributed by atoms with Crippen LogP contribution in [0.5, 0.6) is 0 Å². The van der Waals surface area contributed by atoms with E-state index >= 15 is 0 Å². The van der Waals surface area contributed by atoms with Gasteiger partial charge in [-0.15, -0.1) is 0 Å². The van der Waals surface area contributed by atoms with E-state index in [0.717, 1.165) is 12.8 Å². The highest BCUT2D eigenvalue weighted by molar-refractivity contribution is 7.90. The van der Waals surface area contributed by atoms with Crippen LogP contribution in [0.25, 0.3) is 0 Å². The lowest BCUT2D eigenvalue weighted by Crippen LogP contribution is -2.41. The number of hydrogen-bond donors (Lipinski definition) is 2. The number of pyridine rings is 1. The van der Waals surface area contributed by atoms with Gasteiger partial charge in [0.1, 0.15) is 12.4 Å². The highest BCUT2D eigenvalue weighted by Crippen LogP contribution is 2.19. The molecule has 1 aromatic heterocycles. The Hall–Kier alpha value is -1.62. The molecule has 7 heteroatoms. The number of aromatic nitrogens is 1. The Bertz CT molecular complexity index is 641. The molecule has 0 bridgehead atoms. The number of aliphatic hydroxyl groups is 1. The van der Waals surface area contributed by atoms with Crippen LogP contribution in [0.2, 0.25) is 0 Å². The first-order chi connectivity index (χ1) is 10.0. The molecule has 0 radical (unpaired) electrons. The van der Waals surface area contributed by atoms with E-state index in [4.69, 9.17) is 5.11 Å². The fourth-order valence-electron chi connectivity index (χ4n) is 2.13. The Kier molecular flexibility index (Phi) is 5.17. The van der Waals surface area contributed by atoms with Gasteiger partial charge in [-0.1, -0.05) is 18.8 Å². The van der Waals surface area contributed by atoms with Crippen LogP contribution in [0.3, 0.4) is 0 Å². The molecule has 0 unspecified atom stereocenters. The summed E-state index contributed by atoms with van der Waals surface area (Å²) >= 11 is 0. The number of rotatable bonds is 3. The van der Waals surface area contributed by atoms with E-state index < -0.39 is 10.2 Å². The lowest BCUT2D eigenvalue weighted by molar-refractivity contribution is 0.289. The molecule has 0 aromatic carbocycles. The predicted molar refractivity (Wildman–Crippen MR) is 80.7 cm³/mol. The van der Waals surface area contributed by atoms with Crippen molar-refractivity contribution in [3.63, 3.8) is 0 Å². The van der Waals surface area contributed by atoms with Crippen LogP contribution < -0.4 is 4.72 Å². The van der Waals surface area contributed by atoms with Crippen molar-refractivity contribution in [1.82, 2.24) is 9.29 Å². The minimum atomic E-state index is -3.57. The third kappa shape index (κ3) is 4.43. The van der Waals surface area contributed by atoms with Gasteiger partial charge in [0.15, 0.2) is 0 Å². The van der Waals surface area contributed by atoms with Crippen molar-refractivity contribution in [2.45, 2.75) is 19.8 Å². The van der Waals surface area contributed by atoms with Crippen LogP contribution in [0, 0.1) is 17.8 Å². The van der Waals surface area contributed by atoms with E-state index in [1.165, 1.54) is 10.5 Å². The van der Waals surface area contributed by atoms with Crippen molar-refractivity contribution in [3.8, 4) is 11.8 Å². The number of piperidine rings is 1. The molecule has 1 aliphatic rings. The second kappa shape index (κ2) is 6.89. The third-order valence-electron chi connectivity index (χ3n) is 3.39. The molecular formula is C14H19N3O3S. The Balaban J connectivity index is 2.09. The number of aliphatic hydroxyl groups excluding tert-OH is 1. The van der Waals surface area contributed by atoms with Gasteiger partial charge in [0, 0.05) is 24.8 Å². The molecule has 0 spiro atoms. The lowest BCUT2D eigenvalue weighted by atomic mass is 10.0. The maximum Gasteiger partial charge on any atom is 0.302 e. The molecule has 0 amide bonds. The first-order valence-corrected chi connectivity index (χ1v) is 8.29. The van der Waals surface area contributed by atoms with Crippen molar-refractivity contribution < 1.29 is 13.5 Å². The first kappa shape index (κ1) is 15.8. The predicted octanol–water partition coefficient (Wildman–Crippen LogP) is 0.814. The quantitative estimate of drug-likeness (QED) is 0.810. The van der Waals surface area contributed by atoms with Crippen molar-refractivity contribution in [3.05, 3.63) is 23.9 Å². The lowest BCUT2D eigenvalue weighted by Gasteiger charge is -2.29. The minimum absolute atomic E-state index is 0.235. The van der Waals surface area contributed by atoms with Crippen LogP contribution in [-0.2, 0) is 10.2 Å². The molecule has 1 fully saturated rings. The Morgan fingerprint density at radius 3 is 2.86 bits per heavy atom. The second-order valence-corrected chi connectivity index (χ2v) is 6.75. The van der Waals surface area contributed by atoms with E-state index in [-0.39, 0.29) is 12.4 Å². The smallest absolute Gasteiger partial charge is 0.302 e. The van der Waals surface area contributed by atoms with Crippen LogP contribution in [-0.4, -0.2) is 42.5 Å². The first-order valence-electron chi connectivity index (χ1n) is 6.85. The Labute approximate surface area is 125 Å².